The first-order valence-corrected chi connectivity index (χ1v) is 9.35. The number of nitriles is 1. The average Bonchev–Trinajstić information content (AvgIpc) is 3.26. The van der Waals surface area contributed by atoms with Crippen LogP contribution < -0.4 is 5.32 Å². The van der Waals surface area contributed by atoms with Gasteiger partial charge in [0.05, 0.1) is 11.1 Å². The van der Waals surface area contributed by atoms with Crippen molar-refractivity contribution in [3.8, 4) is 6.07 Å². The van der Waals surface area contributed by atoms with E-state index >= 15 is 0 Å². The Kier molecular flexibility index (Phi) is 4.57. The molecule has 0 fully saturated rings. The Hall–Kier alpha value is -3.24. The van der Waals surface area contributed by atoms with E-state index in [-0.39, 0.29) is 5.69 Å². The third-order valence-electron chi connectivity index (χ3n) is 4.43. The van der Waals surface area contributed by atoms with Gasteiger partial charge in [0.15, 0.2) is 6.61 Å². The third kappa shape index (κ3) is 3.39. The van der Waals surface area contributed by atoms with Gasteiger partial charge in [0.25, 0.3) is 5.91 Å². The van der Waals surface area contributed by atoms with E-state index in [9.17, 15) is 14.9 Å². The molecule has 0 spiro atoms. The molecule has 0 unspecified atom stereocenters. The summed E-state index contributed by atoms with van der Waals surface area (Å²) >= 11 is 1.43. The molecule has 27 heavy (non-hydrogen) atoms. The molecular formula is C20H15N3O3S. The van der Waals surface area contributed by atoms with E-state index in [2.05, 4.69) is 16.4 Å². The van der Waals surface area contributed by atoms with Gasteiger partial charge in [-0.1, -0.05) is 24.3 Å². The average molecular weight is 377 g/mol. The summed E-state index contributed by atoms with van der Waals surface area (Å²) in [4.78, 5) is 29.7. The molecule has 1 aliphatic carbocycles. The van der Waals surface area contributed by atoms with Crippen LogP contribution in [0.15, 0.2) is 36.4 Å². The maximum absolute atomic E-state index is 12.2. The summed E-state index contributed by atoms with van der Waals surface area (Å²) in [6.07, 6.45) is 2.85. The number of thiophene rings is 1. The van der Waals surface area contributed by atoms with E-state index in [1.54, 1.807) is 18.2 Å². The van der Waals surface area contributed by atoms with Crippen molar-refractivity contribution in [3.05, 3.63) is 58.1 Å². The number of aryl methyl sites for hydroxylation is 1. The van der Waals surface area contributed by atoms with E-state index in [4.69, 9.17) is 4.74 Å². The number of carbonyl (C=O) groups is 2. The second-order valence-corrected chi connectivity index (χ2v) is 7.29. The van der Waals surface area contributed by atoms with Gasteiger partial charge in [-0.05, 0) is 37.0 Å². The van der Waals surface area contributed by atoms with Gasteiger partial charge in [0.2, 0.25) is 0 Å². The fourth-order valence-corrected chi connectivity index (χ4v) is 4.41. The summed E-state index contributed by atoms with van der Waals surface area (Å²) in [6, 6.07) is 12.9. The summed E-state index contributed by atoms with van der Waals surface area (Å²) in [5.41, 5.74) is 2.40. The van der Waals surface area contributed by atoms with Crippen molar-refractivity contribution in [1.82, 2.24) is 4.98 Å². The van der Waals surface area contributed by atoms with Crippen LogP contribution in [0.2, 0.25) is 0 Å². The minimum absolute atomic E-state index is 0.148. The molecule has 0 radical (unpaired) electrons. The lowest BCUT2D eigenvalue weighted by atomic mass is 10.1. The topological polar surface area (TPSA) is 92.1 Å². The molecule has 7 heteroatoms. The second-order valence-electron chi connectivity index (χ2n) is 6.19. The van der Waals surface area contributed by atoms with Crippen LogP contribution in [0.1, 0.15) is 32.9 Å². The highest BCUT2D eigenvalue weighted by atomic mass is 32.1. The number of nitrogens with one attached hydrogen (secondary N) is 1. The fraction of sp³-hybridized carbons (Fsp3) is 0.200. The monoisotopic (exact) mass is 377 g/mol. The molecule has 2 heterocycles. The Morgan fingerprint density at radius 2 is 2.07 bits per heavy atom. The molecule has 4 rings (SSSR count). The number of amides is 1. The molecule has 0 bridgehead atoms. The van der Waals surface area contributed by atoms with Crippen LogP contribution in [0.4, 0.5) is 5.00 Å². The highest BCUT2D eigenvalue weighted by molar-refractivity contribution is 7.16. The maximum atomic E-state index is 12.2. The van der Waals surface area contributed by atoms with Crippen LogP contribution in [0.5, 0.6) is 0 Å². The number of pyridine rings is 1. The van der Waals surface area contributed by atoms with Crippen LogP contribution in [-0.4, -0.2) is 23.5 Å². The van der Waals surface area contributed by atoms with Gasteiger partial charge < -0.3 is 10.1 Å². The normalized spacial score (nSPS) is 12.4. The first-order chi connectivity index (χ1) is 13.2. The molecule has 0 saturated carbocycles. The molecule has 3 aromatic rings. The van der Waals surface area contributed by atoms with Crippen molar-refractivity contribution in [2.45, 2.75) is 19.3 Å². The molecule has 0 atom stereocenters. The number of benzene rings is 1. The van der Waals surface area contributed by atoms with E-state index in [1.807, 2.05) is 18.2 Å². The predicted octanol–water partition coefficient (Wildman–Crippen LogP) is 3.45. The van der Waals surface area contributed by atoms with Crippen molar-refractivity contribution in [2.75, 3.05) is 11.9 Å². The summed E-state index contributed by atoms with van der Waals surface area (Å²) in [7, 11) is 0. The van der Waals surface area contributed by atoms with Crippen molar-refractivity contribution in [2.24, 2.45) is 0 Å². The van der Waals surface area contributed by atoms with Gasteiger partial charge in [0, 0.05) is 10.3 Å². The van der Waals surface area contributed by atoms with E-state index in [1.165, 1.54) is 11.3 Å². The number of esters is 1. The Morgan fingerprint density at radius 3 is 2.93 bits per heavy atom. The number of ether oxygens (including phenoxy) is 1. The zero-order valence-corrected chi connectivity index (χ0v) is 15.1. The molecular weight excluding hydrogens is 362 g/mol. The number of hydrogen-bond acceptors (Lipinski definition) is 6. The first-order valence-electron chi connectivity index (χ1n) is 8.53. The number of rotatable bonds is 4. The van der Waals surface area contributed by atoms with E-state index in [0.29, 0.717) is 16.1 Å². The SMILES string of the molecule is N#Cc1c(NC(=O)COC(=O)c2ccc3ccccc3n2)sc2c1CCC2. The van der Waals surface area contributed by atoms with Gasteiger partial charge in [-0.2, -0.15) is 5.26 Å². The van der Waals surface area contributed by atoms with Crippen molar-refractivity contribution >= 4 is 39.1 Å². The predicted molar refractivity (Wildman–Crippen MR) is 102 cm³/mol. The summed E-state index contributed by atoms with van der Waals surface area (Å²) in [6.45, 7) is -0.430. The highest BCUT2D eigenvalue weighted by Gasteiger charge is 2.23. The Morgan fingerprint density at radius 1 is 1.22 bits per heavy atom. The molecule has 1 amide bonds. The number of aromatic nitrogens is 1. The summed E-state index contributed by atoms with van der Waals surface area (Å²) < 4.78 is 5.07. The lowest BCUT2D eigenvalue weighted by Gasteiger charge is -2.06. The molecule has 6 nitrogen and oxygen atoms in total. The largest absolute Gasteiger partial charge is 0.451 e. The third-order valence-corrected chi connectivity index (χ3v) is 5.64. The number of nitrogens with zero attached hydrogens (tertiary/aromatic N) is 2. The van der Waals surface area contributed by atoms with Crippen LogP contribution >= 0.6 is 11.3 Å². The fourth-order valence-electron chi connectivity index (χ4n) is 3.16. The van der Waals surface area contributed by atoms with E-state index < -0.39 is 18.5 Å². The van der Waals surface area contributed by atoms with Gasteiger partial charge in [-0.3, -0.25) is 4.79 Å². The zero-order valence-electron chi connectivity index (χ0n) is 14.3. The Balaban J connectivity index is 1.40. The summed E-state index contributed by atoms with van der Waals surface area (Å²) in [5.74, 6) is -1.13. The maximum Gasteiger partial charge on any atom is 0.357 e. The van der Waals surface area contributed by atoms with E-state index in [0.717, 1.165) is 35.1 Å². The van der Waals surface area contributed by atoms with Gasteiger partial charge in [-0.15, -0.1) is 11.3 Å². The van der Waals surface area contributed by atoms with Crippen LogP contribution in [0.25, 0.3) is 10.9 Å². The Bertz CT molecular complexity index is 1100. The molecule has 0 saturated heterocycles. The molecule has 0 aliphatic heterocycles. The lowest BCUT2D eigenvalue weighted by Crippen LogP contribution is -2.21. The van der Waals surface area contributed by atoms with Crippen molar-refractivity contribution in [1.29, 1.82) is 5.26 Å². The van der Waals surface area contributed by atoms with Crippen LogP contribution in [0.3, 0.4) is 0 Å². The van der Waals surface area contributed by atoms with Crippen LogP contribution in [0, 0.1) is 11.3 Å². The minimum atomic E-state index is -0.662. The standard InChI is InChI=1S/C20H15N3O3S/c21-10-14-13-5-3-7-17(13)27-19(14)23-18(24)11-26-20(25)16-9-8-12-4-1-2-6-15(12)22-16/h1-2,4,6,8-9H,3,5,7,11H2,(H,23,24). The molecule has 1 N–H and O–H groups in total. The number of fused-ring (bicyclic) bond motifs is 2. The quantitative estimate of drug-likeness (QED) is 0.703. The highest BCUT2D eigenvalue weighted by Crippen LogP contribution is 2.38. The summed E-state index contributed by atoms with van der Waals surface area (Å²) in [5, 5.41) is 13.5. The molecule has 2 aromatic heterocycles. The smallest absolute Gasteiger partial charge is 0.357 e. The van der Waals surface area contributed by atoms with Crippen LogP contribution in [-0.2, 0) is 22.4 Å². The number of carbonyl (C=O) groups excluding carboxylic acids is 2. The zero-order chi connectivity index (χ0) is 18.8. The molecule has 1 aromatic carbocycles. The second kappa shape index (κ2) is 7.17. The van der Waals surface area contributed by atoms with Crippen molar-refractivity contribution < 1.29 is 14.3 Å². The molecule has 134 valence electrons. The van der Waals surface area contributed by atoms with Gasteiger partial charge in [0.1, 0.15) is 16.8 Å². The lowest BCUT2D eigenvalue weighted by molar-refractivity contribution is -0.119. The number of hydrogen-bond donors (Lipinski definition) is 1. The number of anilines is 1. The van der Waals surface area contributed by atoms with Gasteiger partial charge >= 0.3 is 5.97 Å². The van der Waals surface area contributed by atoms with Crippen molar-refractivity contribution in [3.63, 3.8) is 0 Å². The first kappa shape index (κ1) is 17.2. The van der Waals surface area contributed by atoms with Gasteiger partial charge in [-0.25, -0.2) is 9.78 Å². The minimum Gasteiger partial charge on any atom is -0.451 e. The Labute approximate surface area is 159 Å². The number of para-hydroxylation sites is 1. The molecule has 1 aliphatic rings.